The second-order valence-corrected chi connectivity index (χ2v) is 5.40. The van der Waals surface area contributed by atoms with Crippen LogP contribution in [0, 0.1) is 0 Å². The topological polar surface area (TPSA) is 37.2 Å². The number of hydrogen-bond acceptors (Lipinski definition) is 2. The van der Waals surface area contributed by atoms with Gasteiger partial charge in [0.15, 0.2) is 5.11 Å². The van der Waals surface area contributed by atoms with Crippen LogP contribution in [-0.2, 0) is 6.42 Å². The maximum absolute atomic E-state index is 5.27. The number of furan rings is 1. The van der Waals surface area contributed by atoms with Crippen LogP contribution in [0.2, 0.25) is 0 Å². The normalized spacial score (nSPS) is 10.2. The van der Waals surface area contributed by atoms with Crippen LogP contribution in [0.1, 0.15) is 12.2 Å². The minimum Gasteiger partial charge on any atom is -0.469 e. The van der Waals surface area contributed by atoms with Crippen LogP contribution in [0.5, 0.6) is 0 Å². The summed E-state index contributed by atoms with van der Waals surface area (Å²) in [5.74, 6) is 1.01. The molecule has 3 nitrogen and oxygen atoms in total. The van der Waals surface area contributed by atoms with Crippen molar-refractivity contribution in [1.29, 1.82) is 0 Å². The monoisotopic (exact) mass is 338 g/mol. The van der Waals surface area contributed by atoms with Gasteiger partial charge in [0.2, 0.25) is 0 Å². The minimum atomic E-state index is 0.637. The molecule has 0 aliphatic heterocycles. The molecule has 2 rings (SSSR count). The number of anilines is 1. The third-order valence-corrected chi connectivity index (χ3v) is 3.29. The summed E-state index contributed by atoms with van der Waals surface area (Å²) >= 11 is 8.66. The summed E-state index contributed by atoms with van der Waals surface area (Å²) in [4.78, 5) is 0. The van der Waals surface area contributed by atoms with Gasteiger partial charge in [-0.1, -0.05) is 22.0 Å². The van der Waals surface area contributed by atoms with E-state index >= 15 is 0 Å². The highest BCUT2D eigenvalue weighted by Crippen LogP contribution is 2.15. The largest absolute Gasteiger partial charge is 0.469 e. The van der Waals surface area contributed by atoms with E-state index in [-0.39, 0.29) is 0 Å². The Labute approximate surface area is 126 Å². The highest BCUT2D eigenvalue weighted by Gasteiger charge is 1.99. The summed E-state index contributed by atoms with van der Waals surface area (Å²) in [6.45, 7) is 0.820. The van der Waals surface area contributed by atoms with Gasteiger partial charge in [-0.3, -0.25) is 0 Å². The fourth-order valence-corrected chi connectivity index (χ4v) is 2.28. The van der Waals surface area contributed by atoms with Gasteiger partial charge in [-0.15, -0.1) is 0 Å². The average molecular weight is 339 g/mol. The first-order valence-corrected chi connectivity index (χ1v) is 7.27. The summed E-state index contributed by atoms with van der Waals surface area (Å²) < 4.78 is 6.29. The van der Waals surface area contributed by atoms with Gasteiger partial charge in [-0.2, -0.15) is 0 Å². The van der Waals surface area contributed by atoms with E-state index in [1.54, 1.807) is 6.26 Å². The van der Waals surface area contributed by atoms with Crippen molar-refractivity contribution in [3.63, 3.8) is 0 Å². The fourth-order valence-electron chi connectivity index (χ4n) is 1.66. The number of nitrogens with one attached hydrogen (secondary N) is 2. The lowest BCUT2D eigenvalue weighted by Gasteiger charge is -2.10. The molecule has 0 amide bonds. The van der Waals surface area contributed by atoms with Gasteiger partial charge in [0.25, 0.3) is 0 Å². The van der Waals surface area contributed by atoms with Crippen molar-refractivity contribution in [2.45, 2.75) is 12.8 Å². The molecule has 1 aromatic carbocycles. The Balaban J connectivity index is 1.67. The summed E-state index contributed by atoms with van der Waals surface area (Å²) in [6, 6.07) is 11.8. The molecule has 0 spiro atoms. The maximum Gasteiger partial charge on any atom is 0.170 e. The molecule has 0 bridgehead atoms. The summed E-state index contributed by atoms with van der Waals surface area (Å²) in [5, 5.41) is 6.96. The van der Waals surface area contributed by atoms with Crippen molar-refractivity contribution < 1.29 is 4.42 Å². The Morgan fingerprint density at radius 1 is 1.26 bits per heavy atom. The Morgan fingerprint density at radius 2 is 2.16 bits per heavy atom. The van der Waals surface area contributed by atoms with E-state index in [4.69, 9.17) is 16.6 Å². The number of thiocarbonyl (C=S) groups is 1. The van der Waals surface area contributed by atoms with Crippen LogP contribution in [0.25, 0.3) is 0 Å². The van der Waals surface area contributed by atoms with Crippen molar-refractivity contribution in [2.75, 3.05) is 11.9 Å². The molecule has 0 aliphatic carbocycles. The molecule has 0 aliphatic rings. The molecule has 0 saturated heterocycles. The van der Waals surface area contributed by atoms with E-state index in [1.165, 1.54) is 0 Å². The highest BCUT2D eigenvalue weighted by molar-refractivity contribution is 9.10. The molecule has 1 aromatic heterocycles. The zero-order valence-corrected chi connectivity index (χ0v) is 12.8. The quantitative estimate of drug-likeness (QED) is 0.639. The molecule has 2 N–H and O–H groups in total. The lowest BCUT2D eigenvalue weighted by Crippen LogP contribution is -2.29. The molecule has 0 atom stereocenters. The van der Waals surface area contributed by atoms with Crippen LogP contribution >= 0.6 is 28.1 Å². The second kappa shape index (κ2) is 7.31. The summed E-state index contributed by atoms with van der Waals surface area (Å²) in [5.41, 5.74) is 0.970. The van der Waals surface area contributed by atoms with E-state index in [0.717, 1.165) is 35.3 Å². The second-order valence-electron chi connectivity index (χ2n) is 4.07. The van der Waals surface area contributed by atoms with Crippen molar-refractivity contribution in [3.8, 4) is 0 Å². The first-order chi connectivity index (χ1) is 9.24. The Kier molecular flexibility index (Phi) is 5.42. The van der Waals surface area contributed by atoms with Crippen LogP contribution in [0.3, 0.4) is 0 Å². The lowest BCUT2D eigenvalue weighted by atomic mass is 10.2. The Hall–Kier alpha value is -1.33. The molecular formula is C14H15BrN2OS. The minimum absolute atomic E-state index is 0.637. The van der Waals surface area contributed by atoms with Crippen LogP contribution in [-0.4, -0.2) is 11.7 Å². The molecule has 5 heteroatoms. The molecule has 0 saturated carbocycles. The van der Waals surface area contributed by atoms with Crippen molar-refractivity contribution in [2.24, 2.45) is 0 Å². The highest BCUT2D eigenvalue weighted by atomic mass is 79.9. The fraction of sp³-hybridized carbons (Fsp3) is 0.214. The third kappa shape index (κ3) is 5.04. The molecule has 19 heavy (non-hydrogen) atoms. The molecular weight excluding hydrogens is 324 g/mol. The molecule has 0 fully saturated rings. The maximum atomic E-state index is 5.27. The summed E-state index contributed by atoms with van der Waals surface area (Å²) in [6.07, 6.45) is 3.59. The first-order valence-electron chi connectivity index (χ1n) is 6.07. The lowest BCUT2D eigenvalue weighted by molar-refractivity contribution is 0.501. The van der Waals surface area contributed by atoms with E-state index in [9.17, 15) is 0 Å². The van der Waals surface area contributed by atoms with Crippen LogP contribution in [0.4, 0.5) is 5.69 Å². The van der Waals surface area contributed by atoms with E-state index in [1.807, 2.05) is 36.4 Å². The predicted molar refractivity (Wildman–Crippen MR) is 85.4 cm³/mol. The number of rotatable bonds is 5. The standard InChI is InChI=1S/C14H15BrN2OS/c15-11-4-1-5-12(10-11)17-14(19)16-8-2-6-13-7-3-9-18-13/h1,3-5,7,9-10H,2,6,8H2,(H2,16,17,19). The predicted octanol–water partition coefficient (Wildman–Crippen LogP) is 3.96. The van der Waals surface area contributed by atoms with Gasteiger partial charge in [0.05, 0.1) is 6.26 Å². The first kappa shape index (κ1) is 14.1. The molecule has 1 heterocycles. The molecule has 2 aromatic rings. The molecule has 0 unspecified atom stereocenters. The Morgan fingerprint density at radius 3 is 2.89 bits per heavy atom. The molecule has 0 radical (unpaired) electrons. The van der Waals surface area contributed by atoms with Crippen LogP contribution < -0.4 is 10.6 Å². The van der Waals surface area contributed by atoms with Gasteiger partial charge in [0.1, 0.15) is 5.76 Å². The Bertz CT molecular complexity index is 528. The van der Waals surface area contributed by atoms with E-state index in [0.29, 0.717) is 5.11 Å². The van der Waals surface area contributed by atoms with E-state index < -0.39 is 0 Å². The molecule has 100 valence electrons. The number of hydrogen-bond donors (Lipinski definition) is 2. The van der Waals surface area contributed by atoms with Gasteiger partial charge in [-0.05, 0) is 49.0 Å². The zero-order chi connectivity index (χ0) is 13.5. The van der Waals surface area contributed by atoms with E-state index in [2.05, 4.69) is 26.6 Å². The van der Waals surface area contributed by atoms with Gasteiger partial charge >= 0.3 is 0 Å². The number of aryl methyl sites for hydroxylation is 1. The zero-order valence-electron chi connectivity index (χ0n) is 10.4. The van der Waals surface area contributed by atoms with Crippen molar-refractivity contribution in [3.05, 3.63) is 52.9 Å². The van der Waals surface area contributed by atoms with Crippen molar-refractivity contribution in [1.82, 2.24) is 5.32 Å². The van der Waals surface area contributed by atoms with Crippen LogP contribution in [0.15, 0.2) is 51.6 Å². The third-order valence-electron chi connectivity index (χ3n) is 2.55. The van der Waals surface area contributed by atoms with Gasteiger partial charge in [-0.25, -0.2) is 0 Å². The SMILES string of the molecule is S=C(NCCCc1ccco1)Nc1cccc(Br)c1. The van der Waals surface area contributed by atoms with Crippen molar-refractivity contribution >= 4 is 38.9 Å². The summed E-state index contributed by atoms with van der Waals surface area (Å²) in [7, 11) is 0. The number of benzene rings is 1. The smallest absolute Gasteiger partial charge is 0.170 e. The number of halogens is 1. The average Bonchev–Trinajstić information content (AvgIpc) is 2.88. The van der Waals surface area contributed by atoms with Gasteiger partial charge < -0.3 is 15.1 Å². The van der Waals surface area contributed by atoms with Gasteiger partial charge in [0, 0.05) is 23.1 Å².